The number of hydrogen-bond acceptors (Lipinski definition) is 4. The fraction of sp³-hybridized carbons (Fsp3) is 1.00. The monoisotopic (exact) mass is 584 g/mol. The predicted octanol–water partition coefficient (Wildman–Crippen LogP) is 9.96. The van der Waals surface area contributed by atoms with E-state index >= 15 is 4.57 Å². The Bertz CT molecular complexity index is 1010. The highest BCUT2D eigenvalue weighted by Crippen LogP contribution is 2.77. The van der Waals surface area contributed by atoms with Crippen LogP contribution in [0.3, 0.4) is 0 Å². The summed E-state index contributed by atoms with van der Waals surface area (Å²) in [5.41, 5.74) is -1.22. The molecule has 12 aliphatic rings. The molecule has 9 atom stereocenters. The molecule has 0 amide bonds. The summed E-state index contributed by atoms with van der Waals surface area (Å²) < 4.78 is 38.0. The van der Waals surface area contributed by atoms with Gasteiger partial charge in [0.15, 0.2) is 0 Å². The molecule has 0 saturated heterocycles. The first-order valence-electron chi connectivity index (χ1n) is 17.9. The Morgan fingerprint density at radius 2 is 0.634 bits per heavy atom. The second kappa shape index (κ2) is 8.09. The molecule has 12 fully saturated rings. The smallest absolute Gasteiger partial charge is 0.280 e. The van der Waals surface area contributed by atoms with Crippen LogP contribution in [0.1, 0.15) is 138 Å². The van der Waals surface area contributed by atoms with Gasteiger partial charge < -0.3 is 0 Å². The van der Waals surface area contributed by atoms with Crippen molar-refractivity contribution in [1.29, 1.82) is 0 Å². The van der Waals surface area contributed by atoms with Gasteiger partial charge in [0.1, 0.15) is 0 Å². The van der Waals surface area contributed by atoms with Crippen LogP contribution in [0.2, 0.25) is 0 Å². The minimum absolute atomic E-state index is 0.0495. The molecule has 4 nitrogen and oxygen atoms in total. The van der Waals surface area contributed by atoms with Crippen molar-refractivity contribution in [1.82, 2.24) is 0 Å². The summed E-state index contributed by atoms with van der Waals surface area (Å²) in [6.45, 7) is 14.4. The summed E-state index contributed by atoms with van der Waals surface area (Å²) in [4.78, 5) is 0. The van der Waals surface area contributed by atoms with Crippen LogP contribution in [0.15, 0.2) is 0 Å². The number of phosphoric acid groups is 1. The van der Waals surface area contributed by atoms with Gasteiger partial charge in [-0.05, 0) is 187 Å². The number of rotatable bonds is 6. The van der Waals surface area contributed by atoms with Gasteiger partial charge in [-0.25, -0.2) is 4.57 Å². The lowest BCUT2D eigenvalue weighted by Crippen LogP contribution is -2.66. The van der Waals surface area contributed by atoms with Gasteiger partial charge >= 0.3 is 7.82 Å². The van der Waals surface area contributed by atoms with Crippen molar-refractivity contribution in [2.75, 3.05) is 0 Å². The van der Waals surface area contributed by atoms with Crippen molar-refractivity contribution in [3.8, 4) is 0 Å². The Kier molecular flexibility index (Phi) is 5.41. The molecular weight excluding hydrogens is 527 g/mol. The molecular formula is C36H57O4P. The quantitative estimate of drug-likeness (QED) is 0.292. The van der Waals surface area contributed by atoms with E-state index in [9.17, 15) is 0 Å². The molecule has 12 saturated carbocycles. The summed E-state index contributed by atoms with van der Waals surface area (Å²) >= 11 is 0. The minimum atomic E-state index is -3.93. The van der Waals surface area contributed by atoms with Crippen molar-refractivity contribution in [2.45, 2.75) is 155 Å². The zero-order valence-electron chi connectivity index (χ0n) is 26.9. The van der Waals surface area contributed by atoms with Gasteiger partial charge in [-0.3, -0.25) is 13.6 Å². The molecule has 0 radical (unpaired) electrons. The molecule has 0 aromatic carbocycles. The topological polar surface area (TPSA) is 44.8 Å². The molecule has 12 bridgehead atoms. The highest BCUT2D eigenvalue weighted by molar-refractivity contribution is 7.48. The van der Waals surface area contributed by atoms with Gasteiger partial charge in [-0.2, -0.15) is 0 Å². The van der Waals surface area contributed by atoms with Crippen molar-refractivity contribution in [3.63, 3.8) is 0 Å². The largest absolute Gasteiger partial charge is 0.476 e. The lowest BCUT2D eigenvalue weighted by Gasteiger charge is -2.68. The van der Waals surface area contributed by atoms with Crippen LogP contribution in [0, 0.1) is 69.5 Å². The summed E-state index contributed by atoms with van der Waals surface area (Å²) in [6, 6.07) is 0. The first-order chi connectivity index (χ1) is 19.2. The molecule has 9 unspecified atom stereocenters. The van der Waals surface area contributed by atoms with Crippen LogP contribution >= 0.6 is 7.82 Å². The van der Waals surface area contributed by atoms with E-state index in [1.165, 1.54) is 96.3 Å². The fourth-order valence-electron chi connectivity index (χ4n) is 15.1. The molecule has 0 aromatic rings. The van der Waals surface area contributed by atoms with E-state index in [0.29, 0.717) is 17.8 Å². The third-order valence-corrected chi connectivity index (χ3v) is 18.8. The minimum Gasteiger partial charge on any atom is -0.280 e. The highest BCUT2D eigenvalue weighted by Gasteiger charge is 2.70. The maximum Gasteiger partial charge on any atom is 0.476 e. The van der Waals surface area contributed by atoms with Crippen molar-refractivity contribution in [2.24, 2.45) is 69.5 Å². The molecule has 12 aliphatic carbocycles. The maximum atomic E-state index is 16.0. The lowest BCUT2D eigenvalue weighted by molar-refractivity contribution is -0.253. The molecule has 0 spiro atoms. The average molecular weight is 585 g/mol. The van der Waals surface area contributed by atoms with E-state index in [1.807, 2.05) is 0 Å². The fourth-order valence-corrected chi connectivity index (χ4v) is 17.7. The molecule has 12 rings (SSSR count). The van der Waals surface area contributed by atoms with E-state index in [2.05, 4.69) is 41.5 Å². The van der Waals surface area contributed by atoms with E-state index in [0.717, 1.165) is 35.5 Å². The summed E-state index contributed by atoms with van der Waals surface area (Å²) in [7, 11) is -3.93. The Balaban J connectivity index is 1.12. The third kappa shape index (κ3) is 3.49. The van der Waals surface area contributed by atoms with E-state index in [1.54, 1.807) is 0 Å². The van der Waals surface area contributed by atoms with E-state index in [4.69, 9.17) is 13.6 Å². The standard InChI is InChI=1S/C36H57O4P/c1-31-16-22-7-23(17-31)11-28(10-22)34(31,4)38-41(37,39-35(5)29-12-24-8-25(13-29)19-32(35,2)18-24)40-36(6)30-14-26-9-27(15-30)21-33(36,3)20-26/h22-30H,7-21H2,1-6H3. The molecule has 41 heavy (non-hydrogen) atoms. The summed E-state index contributed by atoms with van der Waals surface area (Å²) in [6.07, 6.45) is 18.8. The number of phosphoric ester groups is 1. The molecule has 230 valence electrons. The molecule has 0 aromatic heterocycles. The van der Waals surface area contributed by atoms with Gasteiger partial charge in [0.05, 0.1) is 16.8 Å². The van der Waals surface area contributed by atoms with E-state index < -0.39 is 24.6 Å². The maximum absolute atomic E-state index is 16.0. The zero-order valence-corrected chi connectivity index (χ0v) is 27.8. The summed E-state index contributed by atoms with van der Waals surface area (Å²) in [5.74, 6) is 6.28. The van der Waals surface area contributed by atoms with Crippen molar-refractivity contribution < 1.29 is 18.1 Å². The van der Waals surface area contributed by atoms with Crippen LogP contribution in [-0.2, 0) is 18.1 Å². The van der Waals surface area contributed by atoms with Crippen LogP contribution in [0.5, 0.6) is 0 Å². The van der Waals surface area contributed by atoms with Gasteiger partial charge in [0.25, 0.3) is 0 Å². The Morgan fingerprint density at radius 1 is 0.415 bits per heavy atom. The predicted molar refractivity (Wildman–Crippen MR) is 161 cm³/mol. The summed E-state index contributed by atoms with van der Waals surface area (Å²) in [5, 5.41) is 0. The zero-order chi connectivity index (χ0) is 28.4. The second-order valence-corrected chi connectivity index (χ2v) is 20.8. The lowest BCUT2D eigenvalue weighted by atomic mass is 9.44. The number of hydrogen-bond donors (Lipinski definition) is 0. The van der Waals surface area contributed by atoms with Gasteiger partial charge in [-0.15, -0.1) is 0 Å². The van der Waals surface area contributed by atoms with Crippen LogP contribution in [0.4, 0.5) is 0 Å². The SMILES string of the molecule is CC12CC3CC(CC(C3)C1(C)OP(=O)(OC1(C)C3CC4CC(C3)CC1(C)C4)OC1(C)C3CC4CC(C3)CC1(C)C4)C2. The average Bonchev–Trinajstić information content (AvgIpc) is 2.83. The van der Waals surface area contributed by atoms with Gasteiger partial charge in [-0.1, -0.05) is 20.8 Å². The van der Waals surface area contributed by atoms with Crippen molar-refractivity contribution >= 4 is 7.82 Å². The normalized spacial score (nSPS) is 64.3. The first kappa shape index (κ1) is 27.4. The Hall–Kier alpha value is 0.110. The molecule has 0 N–H and O–H groups in total. The Morgan fingerprint density at radius 3 is 0.829 bits per heavy atom. The highest BCUT2D eigenvalue weighted by atomic mass is 31.2. The van der Waals surface area contributed by atoms with Crippen LogP contribution < -0.4 is 0 Å². The van der Waals surface area contributed by atoms with Gasteiger partial charge in [0, 0.05) is 0 Å². The van der Waals surface area contributed by atoms with Gasteiger partial charge in [0.2, 0.25) is 0 Å². The Labute approximate surface area is 249 Å². The first-order valence-corrected chi connectivity index (χ1v) is 19.3. The third-order valence-electron chi connectivity index (χ3n) is 17.0. The van der Waals surface area contributed by atoms with Crippen molar-refractivity contribution in [3.05, 3.63) is 0 Å². The van der Waals surface area contributed by atoms with Crippen LogP contribution in [0.25, 0.3) is 0 Å². The second-order valence-electron chi connectivity index (χ2n) is 19.4. The van der Waals surface area contributed by atoms with Crippen LogP contribution in [-0.4, -0.2) is 16.8 Å². The molecule has 0 heterocycles. The molecule has 5 heteroatoms. The van der Waals surface area contributed by atoms with E-state index in [-0.39, 0.29) is 16.2 Å². The molecule has 0 aliphatic heterocycles.